The molecule has 6 heteroatoms. The van der Waals surface area contributed by atoms with Gasteiger partial charge in [-0.1, -0.05) is 6.07 Å². The third kappa shape index (κ3) is 3.56. The maximum Gasteiger partial charge on any atom is 0.214 e. The lowest BCUT2D eigenvalue weighted by Crippen LogP contribution is -2.48. The zero-order valence-corrected chi connectivity index (χ0v) is 12.3. The van der Waals surface area contributed by atoms with Gasteiger partial charge in [-0.2, -0.15) is 0 Å². The Morgan fingerprint density at radius 3 is 2.90 bits per heavy atom. The van der Waals surface area contributed by atoms with Crippen molar-refractivity contribution in [2.24, 2.45) is 0 Å². The van der Waals surface area contributed by atoms with Crippen LogP contribution >= 0.6 is 0 Å². The first kappa shape index (κ1) is 14.0. The third-order valence-electron chi connectivity index (χ3n) is 3.93. The monoisotopic (exact) mass is 295 g/mol. The van der Waals surface area contributed by atoms with Gasteiger partial charge in [-0.25, -0.2) is 13.1 Å². The maximum absolute atomic E-state index is 12.0. The molecule has 0 radical (unpaired) electrons. The Hall–Kier alpha value is -0.980. The van der Waals surface area contributed by atoms with E-state index >= 15 is 0 Å². The van der Waals surface area contributed by atoms with E-state index in [1.54, 1.807) is 6.20 Å². The van der Waals surface area contributed by atoms with Crippen LogP contribution in [-0.2, 0) is 16.6 Å². The summed E-state index contributed by atoms with van der Waals surface area (Å²) in [6.07, 6.45) is 7.26. The van der Waals surface area contributed by atoms with E-state index in [1.165, 1.54) is 5.56 Å². The van der Waals surface area contributed by atoms with Crippen molar-refractivity contribution >= 4 is 10.0 Å². The van der Waals surface area contributed by atoms with Gasteiger partial charge in [-0.05, 0) is 43.9 Å². The van der Waals surface area contributed by atoms with Crippen LogP contribution in [0.1, 0.15) is 31.2 Å². The molecule has 1 atom stereocenters. The molecule has 0 amide bonds. The van der Waals surface area contributed by atoms with Gasteiger partial charge in [-0.3, -0.25) is 9.88 Å². The Balaban J connectivity index is 1.56. The van der Waals surface area contributed by atoms with E-state index in [-0.39, 0.29) is 11.3 Å². The van der Waals surface area contributed by atoms with Crippen molar-refractivity contribution in [3.63, 3.8) is 0 Å². The lowest BCUT2D eigenvalue weighted by atomic mass is 10.1. The second-order valence-corrected chi connectivity index (χ2v) is 7.79. The van der Waals surface area contributed by atoms with Gasteiger partial charge in [0, 0.05) is 31.5 Å². The van der Waals surface area contributed by atoms with Gasteiger partial charge in [0.25, 0.3) is 0 Å². The summed E-state index contributed by atoms with van der Waals surface area (Å²) in [5.74, 6) is 0. The highest BCUT2D eigenvalue weighted by Crippen LogP contribution is 2.28. The minimum atomic E-state index is -3.07. The van der Waals surface area contributed by atoms with E-state index in [1.807, 2.05) is 12.3 Å². The molecular weight excluding hydrogens is 274 g/mol. The Morgan fingerprint density at radius 2 is 2.20 bits per heavy atom. The maximum atomic E-state index is 12.0. The van der Waals surface area contributed by atoms with Crippen molar-refractivity contribution in [2.45, 2.75) is 43.5 Å². The number of piperidine rings is 1. The van der Waals surface area contributed by atoms with Crippen LogP contribution in [0.2, 0.25) is 0 Å². The minimum absolute atomic E-state index is 0.0611. The topological polar surface area (TPSA) is 62.3 Å². The second-order valence-electron chi connectivity index (χ2n) is 5.80. The van der Waals surface area contributed by atoms with E-state index in [9.17, 15) is 8.42 Å². The highest BCUT2D eigenvalue weighted by Gasteiger charge is 2.37. The first-order chi connectivity index (χ1) is 9.63. The number of aromatic nitrogens is 1. The second kappa shape index (κ2) is 5.79. The molecule has 0 aromatic carbocycles. The van der Waals surface area contributed by atoms with Crippen LogP contribution in [-0.4, -0.2) is 42.7 Å². The average Bonchev–Trinajstić information content (AvgIpc) is 3.24. The lowest BCUT2D eigenvalue weighted by Gasteiger charge is -2.32. The first-order valence-corrected chi connectivity index (χ1v) is 8.80. The molecule has 110 valence electrons. The highest BCUT2D eigenvalue weighted by molar-refractivity contribution is 7.90. The Morgan fingerprint density at radius 1 is 1.35 bits per heavy atom. The summed E-state index contributed by atoms with van der Waals surface area (Å²) < 4.78 is 26.9. The zero-order chi connectivity index (χ0) is 14.0. The third-order valence-corrected chi connectivity index (χ3v) is 5.94. The van der Waals surface area contributed by atoms with Gasteiger partial charge >= 0.3 is 0 Å². The average molecular weight is 295 g/mol. The number of hydrogen-bond donors (Lipinski definition) is 1. The Kier molecular flexibility index (Phi) is 4.05. The summed E-state index contributed by atoms with van der Waals surface area (Å²) in [6, 6.07) is 4.06. The molecule has 1 saturated heterocycles. The van der Waals surface area contributed by atoms with Crippen LogP contribution in [0.4, 0.5) is 0 Å². The summed E-state index contributed by atoms with van der Waals surface area (Å²) in [7, 11) is -3.07. The molecule has 2 aliphatic rings. The van der Waals surface area contributed by atoms with Crippen molar-refractivity contribution in [3.05, 3.63) is 30.1 Å². The van der Waals surface area contributed by atoms with Gasteiger partial charge in [-0.15, -0.1) is 0 Å². The summed E-state index contributed by atoms with van der Waals surface area (Å²) in [6.45, 7) is 2.66. The van der Waals surface area contributed by atoms with Gasteiger partial charge in [0.05, 0.1) is 5.25 Å². The molecule has 1 aliphatic heterocycles. The van der Waals surface area contributed by atoms with E-state index in [0.29, 0.717) is 0 Å². The van der Waals surface area contributed by atoms with Crippen molar-refractivity contribution in [3.8, 4) is 0 Å². The predicted molar refractivity (Wildman–Crippen MR) is 77.6 cm³/mol. The molecule has 1 N–H and O–H groups in total. The van der Waals surface area contributed by atoms with E-state index in [2.05, 4.69) is 20.7 Å². The van der Waals surface area contributed by atoms with E-state index < -0.39 is 10.0 Å². The predicted octanol–water partition coefficient (Wildman–Crippen LogP) is 1.13. The van der Waals surface area contributed by atoms with Crippen molar-refractivity contribution < 1.29 is 8.42 Å². The number of nitrogens with one attached hydrogen (secondary N) is 1. The largest absolute Gasteiger partial charge is 0.297 e. The van der Waals surface area contributed by atoms with Crippen LogP contribution in [0.25, 0.3) is 0 Å². The standard InChI is InChI=1S/C14H21N3O2S/c18-20(19,14-5-6-14)16-13-4-2-8-17(11-13)10-12-3-1-7-15-9-12/h1,3,7,9,13-14,16H,2,4-6,8,10-11H2. The summed E-state index contributed by atoms with van der Waals surface area (Å²) >= 11 is 0. The SMILES string of the molecule is O=S(=O)(NC1CCCN(Cc2cccnc2)C1)C1CC1. The highest BCUT2D eigenvalue weighted by atomic mass is 32.2. The molecule has 1 aromatic heterocycles. The van der Waals surface area contributed by atoms with E-state index in [0.717, 1.165) is 45.3 Å². The van der Waals surface area contributed by atoms with Crippen LogP contribution in [0.3, 0.4) is 0 Å². The molecule has 1 saturated carbocycles. The van der Waals surface area contributed by atoms with E-state index in [4.69, 9.17) is 0 Å². The Labute approximate surface area is 120 Å². The van der Waals surface area contributed by atoms with Crippen molar-refractivity contribution in [2.75, 3.05) is 13.1 Å². The van der Waals surface area contributed by atoms with Crippen LogP contribution in [0, 0.1) is 0 Å². The molecule has 1 aliphatic carbocycles. The molecule has 5 nitrogen and oxygen atoms in total. The number of sulfonamides is 1. The Bertz CT molecular complexity index is 543. The molecule has 2 fully saturated rings. The van der Waals surface area contributed by atoms with Gasteiger partial charge in [0.1, 0.15) is 0 Å². The fourth-order valence-electron chi connectivity index (χ4n) is 2.75. The number of pyridine rings is 1. The quantitative estimate of drug-likeness (QED) is 0.884. The van der Waals surface area contributed by atoms with Gasteiger partial charge < -0.3 is 0 Å². The zero-order valence-electron chi connectivity index (χ0n) is 11.5. The molecule has 20 heavy (non-hydrogen) atoms. The lowest BCUT2D eigenvalue weighted by molar-refractivity contribution is 0.194. The fourth-order valence-corrected chi connectivity index (χ4v) is 4.36. The minimum Gasteiger partial charge on any atom is -0.297 e. The van der Waals surface area contributed by atoms with Crippen LogP contribution in [0.5, 0.6) is 0 Å². The summed E-state index contributed by atoms with van der Waals surface area (Å²) in [5.41, 5.74) is 1.18. The molecule has 1 aromatic rings. The van der Waals surface area contributed by atoms with Crippen LogP contribution < -0.4 is 4.72 Å². The molecule has 1 unspecified atom stereocenters. The van der Waals surface area contributed by atoms with Crippen molar-refractivity contribution in [1.29, 1.82) is 0 Å². The van der Waals surface area contributed by atoms with Crippen LogP contribution in [0.15, 0.2) is 24.5 Å². The van der Waals surface area contributed by atoms with Crippen molar-refractivity contribution in [1.82, 2.24) is 14.6 Å². The van der Waals surface area contributed by atoms with Gasteiger partial charge in [0.15, 0.2) is 0 Å². The molecule has 2 heterocycles. The van der Waals surface area contributed by atoms with Gasteiger partial charge in [0.2, 0.25) is 10.0 Å². The number of hydrogen-bond acceptors (Lipinski definition) is 4. The smallest absolute Gasteiger partial charge is 0.214 e. The number of rotatable bonds is 5. The normalized spacial score (nSPS) is 24.7. The first-order valence-electron chi connectivity index (χ1n) is 7.26. The fraction of sp³-hybridized carbons (Fsp3) is 0.643. The molecule has 0 spiro atoms. The molecule has 3 rings (SSSR count). The number of nitrogens with zero attached hydrogens (tertiary/aromatic N) is 2. The molecule has 0 bridgehead atoms. The summed E-state index contributed by atoms with van der Waals surface area (Å²) in [4.78, 5) is 6.43. The molecular formula is C14H21N3O2S. The number of likely N-dealkylation sites (tertiary alicyclic amines) is 1. The summed E-state index contributed by atoms with van der Waals surface area (Å²) in [5, 5.41) is -0.129.